The van der Waals surface area contributed by atoms with Gasteiger partial charge < -0.3 is 10.2 Å². The molecule has 4 nitrogen and oxygen atoms in total. The molecule has 1 fully saturated rings. The van der Waals surface area contributed by atoms with Crippen molar-refractivity contribution < 1.29 is 9.53 Å². The number of hydrogen-bond acceptors (Lipinski definition) is 3. The molecule has 0 bridgehead atoms. The predicted molar refractivity (Wildman–Crippen MR) is 79.9 cm³/mol. The lowest BCUT2D eigenvalue weighted by atomic mass is 9.89. The quantitative estimate of drug-likeness (QED) is 0.872. The summed E-state index contributed by atoms with van der Waals surface area (Å²) in [6.45, 7) is 9.82. The molecule has 4 heteroatoms. The molecular weight excluding hydrogens is 252 g/mol. The van der Waals surface area contributed by atoms with Crippen LogP contribution in [0.15, 0.2) is 30.0 Å². The highest BCUT2D eigenvalue weighted by Gasteiger charge is 2.37. The van der Waals surface area contributed by atoms with E-state index >= 15 is 0 Å². The van der Waals surface area contributed by atoms with Crippen molar-refractivity contribution >= 4 is 12.0 Å². The first kappa shape index (κ1) is 14.4. The van der Waals surface area contributed by atoms with Crippen LogP contribution in [0.25, 0.3) is 6.08 Å². The van der Waals surface area contributed by atoms with E-state index in [1.165, 1.54) is 0 Å². The maximum Gasteiger partial charge on any atom is 0.249 e. The number of benzene rings is 1. The second-order valence-corrected chi connectivity index (χ2v) is 6.51. The van der Waals surface area contributed by atoms with Crippen LogP contribution >= 0.6 is 0 Å². The van der Waals surface area contributed by atoms with Crippen LogP contribution in [0.1, 0.15) is 40.2 Å². The predicted octanol–water partition coefficient (Wildman–Crippen LogP) is 2.87. The summed E-state index contributed by atoms with van der Waals surface area (Å²) >= 11 is 0. The second-order valence-electron chi connectivity index (χ2n) is 6.51. The van der Waals surface area contributed by atoms with E-state index in [1.54, 1.807) is 0 Å². The SMILES string of the molecule is CC(C)(C)Oc1ccccc1/C=C1\NNC(=O)C1(C)C. The summed E-state index contributed by atoms with van der Waals surface area (Å²) < 4.78 is 5.96. The van der Waals surface area contributed by atoms with Crippen molar-refractivity contribution in [2.75, 3.05) is 0 Å². The largest absolute Gasteiger partial charge is 0.488 e. The lowest BCUT2D eigenvalue weighted by Crippen LogP contribution is -2.28. The van der Waals surface area contributed by atoms with Gasteiger partial charge in [-0.1, -0.05) is 18.2 Å². The van der Waals surface area contributed by atoms with Crippen LogP contribution < -0.4 is 15.6 Å². The van der Waals surface area contributed by atoms with E-state index in [0.717, 1.165) is 17.0 Å². The van der Waals surface area contributed by atoms with Crippen LogP contribution in [-0.4, -0.2) is 11.5 Å². The van der Waals surface area contributed by atoms with Gasteiger partial charge in [0.05, 0.1) is 5.41 Å². The van der Waals surface area contributed by atoms with Crippen LogP contribution in [0.3, 0.4) is 0 Å². The summed E-state index contributed by atoms with van der Waals surface area (Å²) in [6.07, 6.45) is 1.96. The standard InChI is InChI=1S/C16H22N2O2/c1-15(2,3)20-12-9-7-6-8-11(12)10-13-16(4,5)14(19)18-17-13/h6-10,17H,1-5H3,(H,18,19)/b13-10-. The molecule has 1 aliphatic heterocycles. The number of para-hydroxylation sites is 1. The van der Waals surface area contributed by atoms with Gasteiger partial charge >= 0.3 is 0 Å². The van der Waals surface area contributed by atoms with Crippen molar-refractivity contribution in [2.24, 2.45) is 5.41 Å². The van der Waals surface area contributed by atoms with Gasteiger partial charge in [-0.2, -0.15) is 0 Å². The van der Waals surface area contributed by atoms with Crippen molar-refractivity contribution in [3.63, 3.8) is 0 Å². The number of carbonyl (C=O) groups is 1. The van der Waals surface area contributed by atoms with Gasteiger partial charge in [0.25, 0.3) is 0 Å². The molecule has 1 aliphatic rings. The zero-order chi connectivity index (χ0) is 15.0. The summed E-state index contributed by atoms with van der Waals surface area (Å²) in [5, 5.41) is 0. The third-order valence-electron chi connectivity index (χ3n) is 3.19. The van der Waals surface area contributed by atoms with Gasteiger partial charge in [-0.3, -0.25) is 10.2 Å². The highest BCUT2D eigenvalue weighted by molar-refractivity contribution is 5.89. The van der Waals surface area contributed by atoms with Crippen molar-refractivity contribution in [1.29, 1.82) is 0 Å². The van der Waals surface area contributed by atoms with Gasteiger partial charge in [0, 0.05) is 11.3 Å². The Balaban J connectivity index is 2.37. The van der Waals surface area contributed by atoms with Gasteiger partial charge in [-0.25, -0.2) is 0 Å². The third kappa shape index (κ3) is 2.95. The van der Waals surface area contributed by atoms with Crippen LogP contribution in [0.4, 0.5) is 0 Å². The van der Waals surface area contributed by atoms with Gasteiger partial charge in [0.1, 0.15) is 11.4 Å². The molecule has 1 saturated heterocycles. The Morgan fingerprint density at radius 1 is 1.15 bits per heavy atom. The Hall–Kier alpha value is -1.97. The average Bonchev–Trinajstić information content (AvgIpc) is 2.56. The molecule has 2 N–H and O–H groups in total. The van der Waals surface area contributed by atoms with Crippen LogP contribution in [0.5, 0.6) is 5.75 Å². The number of nitrogens with one attached hydrogen (secondary N) is 2. The summed E-state index contributed by atoms with van der Waals surface area (Å²) in [4.78, 5) is 11.8. The summed E-state index contributed by atoms with van der Waals surface area (Å²) in [6, 6.07) is 7.82. The Morgan fingerprint density at radius 2 is 1.80 bits per heavy atom. The molecule has 0 atom stereocenters. The maximum absolute atomic E-state index is 11.8. The van der Waals surface area contributed by atoms with E-state index in [1.807, 2.05) is 65.0 Å². The molecule has 0 spiro atoms. The number of rotatable bonds is 2. The first-order chi connectivity index (χ1) is 9.20. The molecule has 20 heavy (non-hydrogen) atoms. The van der Waals surface area contributed by atoms with E-state index in [-0.39, 0.29) is 11.5 Å². The fourth-order valence-electron chi connectivity index (χ4n) is 1.95. The molecule has 108 valence electrons. The Morgan fingerprint density at radius 3 is 2.35 bits per heavy atom. The van der Waals surface area contributed by atoms with Gasteiger partial charge in [-0.15, -0.1) is 0 Å². The number of hydrazine groups is 1. The highest BCUT2D eigenvalue weighted by atomic mass is 16.5. The first-order valence-electron chi connectivity index (χ1n) is 6.77. The van der Waals surface area contributed by atoms with E-state index in [9.17, 15) is 4.79 Å². The zero-order valence-electron chi connectivity index (χ0n) is 12.7. The zero-order valence-corrected chi connectivity index (χ0v) is 12.7. The Labute approximate surface area is 120 Å². The fraction of sp³-hybridized carbons (Fsp3) is 0.438. The molecular formula is C16H22N2O2. The average molecular weight is 274 g/mol. The summed E-state index contributed by atoms with van der Waals surface area (Å²) in [5.74, 6) is 0.780. The molecule has 1 aromatic rings. The smallest absolute Gasteiger partial charge is 0.249 e. The molecule has 1 aromatic carbocycles. The van der Waals surface area contributed by atoms with E-state index in [4.69, 9.17) is 4.74 Å². The lowest BCUT2D eigenvalue weighted by Gasteiger charge is -2.23. The Bertz CT molecular complexity index is 554. The van der Waals surface area contributed by atoms with Crippen molar-refractivity contribution in [3.05, 3.63) is 35.5 Å². The molecule has 0 aliphatic carbocycles. The topological polar surface area (TPSA) is 50.4 Å². The fourth-order valence-corrected chi connectivity index (χ4v) is 1.95. The molecule has 0 saturated carbocycles. The normalized spacial score (nSPS) is 19.6. The molecule has 1 amide bonds. The number of amides is 1. The van der Waals surface area contributed by atoms with Gasteiger partial charge in [0.2, 0.25) is 5.91 Å². The van der Waals surface area contributed by atoms with Crippen molar-refractivity contribution in [3.8, 4) is 5.75 Å². The molecule has 2 rings (SSSR count). The van der Waals surface area contributed by atoms with E-state index in [2.05, 4.69) is 10.9 Å². The second kappa shape index (κ2) is 4.85. The van der Waals surface area contributed by atoms with Gasteiger partial charge in [0.15, 0.2) is 0 Å². The van der Waals surface area contributed by atoms with Crippen LogP contribution in [0.2, 0.25) is 0 Å². The third-order valence-corrected chi connectivity index (χ3v) is 3.19. The van der Waals surface area contributed by atoms with Crippen LogP contribution in [0, 0.1) is 5.41 Å². The van der Waals surface area contributed by atoms with Crippen LogP contribution in [-0.2, 0) is 4.79 Å². The number of hydrogen-bond donors (Lipinski definition) is 2. The minimum Gasteiger partial charge on any atom is -0.488 e. The monoisotopic (exact) mass is 274 g/mol. The highest BCUT2D eigenvalue weighted by Crippen LogP contribution is 2.32. The minimum atomic E-state index is -0.561. The summed E-state index contributed by atoms with van der Waals surface area (Å²) in [5.41, 5.74) is 6.56. The number of carbonyl (C=O) groups excluding carboxylic acids is 1. The minimum absolute atomic E-state index is 0.0297. The van der Waals surface area contributed by atoms with Crippen molar-refractivity contribution in [2.45, 2.75) is 40.2 Å². The molecule has 0 unspecified atom stereocenters. The van der Waals surface area contributed by atoms with Crippen molar-refractivity contribution in [1.82, 2.24) is 10.9 Å². The maximum atomic E-state index is 11.8. The molecule has 0 radical (unpaired) electrons. The number of ether oxygens (including phenoxy) is 1. The van der Waals surface area contributed by atoms with E-state index in [0.29, 0.717) is 0 Å². The molecule has 0 aromatic heterocycles. The summed E-state index contributed by atoms with van der Waals surface area (Å²) in [7, 11) is 0. The lowest BCUT2D eigenvalue weighted by molar-refractivity contribution is -0.125. The first-order valence-corrected chi connectivity index (χ1v) is 6.77. The van der Waals surface area contributed by atoms with Gasteiger partial charge in [-0.05, 0) is 46.8 Å². The Kier molecular flexibility index (Phi) is 3.50. The molecule has 1 heterocycles. The van der Waals surface area contributed by atoms with E-state index < -0.39 is 5.41 Å².